The summed E-state index contributed by atoms with van der Waals surface area (Å²) in [5.41, 5.74) is 2.31. The second-order valence-corrected chi connectivity index (χ2v) is 6.15. The molecular weight excluding hydrogens is 276 g/mol. The van der Waals surface area contributed by atoms with Gasteiger partial charge in [0.25, 0.3) is 0 Å². The standard InChI is InChI=1S/C17H24N4O/c1-13-19-15-5-3-4-6-16(15)21(13)11-14-7-9-20(10-8-14)12-17(22)18-2/h3-6,14H,7-12H2,1-2H3,(H,18,22). The summed E-state index contributed by atoms with van der Waals surface area (Å²) in [6.07, 6.45) is 2.28. The number of benzene rings is 1. The Labute approximate surface area is 131 Å². The van der Waals surface area contributed by atoms with Crippen LogP contribution in [0.25, 0.3) is 11.0 Å². The number of fused-ring (bicyclic) bond motifs is 1. The molecule has 0 bridgehead atoms. The van der Waals surface area contributed by atoms with Crippen molar-refractivity contribution in [2.75, 3.05) is 26.7 Å². The van der Waals surface area contributed by atoms with Gasteiger partial charge in [-0.15, -0.1) is 0 Å². The van der Waals surface area contributed by atoms with Crippen LogP contribution in [0.5, 0.6) is 0 Å². The zero-order valence-electron chi connectivity index (χ0n) is 13.4. The maximum absolute atomic E-state index is 11.4. The largest absolute Gasteiger partial charge is 0.358 e. The van der Waals surface area contributed by atoms with Gasteiger partial charge in [-0.05, 0) is 50.9 Å². The number of imidazole rings is 1. The third-order valence-electron chi connectivity index (χ3n) is 4.64. The molecule has 3 rings (SSSR count). The third kappa shape index (κ3) is 3.14. The average molecular weight is 300 g/mol. The number of aryl methyl sites for hydroxylation is 1. The monoisotopic (exact) mass is 300 g/mol. The van der Waals surface area contributed by atoms with Gasteiger partial charge >= 0.3 is 0 Å². The van der Waals surface area contributed by atoms with Crippen molar-refractivity contribution in [1.82, 2.24) is 19.8 Å². The molecule has 0 saturated carbocycles. The van der Waals surface area contributed by atoms with E-state index >= 15 is 0 Å². The zero-order chi connectivity index (χ0) is 15.5. The number of hydrogen-bond acceptors (Lipinski definition) is 3. The van der Waals surface area contributed by atoms with E-state index in [0.717, 1.165) is 43.8 Å². The number of carbonyl (C=O) groups is 1. The number of likely N-dealkylation sites (N-methyl/N-ethyl adjacent to an activating group) is 1. The molecule has 2 aromatic rings. The minimum Gasteiger partial charge on any atom is -0.358 e. The van der Waals surface area contributed by atoms with Crippen LogP contribution in [0.15, 0.2) is 24.3 Å². The number of piperidine rings is 1. The molecule has 1 amide bonds. The molecule has 0 radical (unpaired) electrons. The number of para-hydroxylation sites is 2. The maximum atomic E-state index is 11.4. The Morgan fingerprint density at radius 3 is 2.77 bits per heavy atom. The minimum atomic E-state index is 0.106. The molecule has 1 aliphatic rings. The van der Waals surface area contributed by atoms with E-state index in [9.17, 15) is 4.79 Å². The fourth-order valence-electron chi connectivity index (χ4n) is 3.29. The highest BCUT2D eigenvalue weighted by molar-refractivity contribution is 5.77. The number of nitrogens with zero attached hydrogens (tertiary/aromatic N) is 3. The Morgan fingerprint density at radius 2 is 2.05 bits per heavy atom. The predicted octanol–water partition coefficient (Wildman–Crippen LogP) is 1.80. The molecular formula is C17H24N4O. The van der Waals surface area contributed by atoms with Crippen LogP contribution in [0.1, 0.15) is 18.7 Å². The van der Waals surface area contributed by atoms with Crippen molar-refractivity contribution in [3.63, 3.8) is 0 Å². The van der Waals surface area contributed by atoms with Gasteiger partial charge in [-0.2, -0.15) is 0 Å². The summed E-state index contributed by atoms with van der Waals surface area (Å²) in [6.45, 7) is 5.64. The van der Waals surface area contributed by atoms with Gasteiger partial charge in [0, 0.05) is 13.6 Å². The SMILES string of the molecule is CNC(=O)CN1CCC(Cn2c(C)nc3ccccc32)CC1. The predicted molar refractivity (Wildman–Crippen MR) is 87.7 cm³/mol. The molecule has 22 heavy (non-hydrogen) atoms. The summed E-state index contributed by atoms with van der Waals surface area (Å²) in [4.78, 5) is 18.3. The summed E-state index contributed by atoms with van der Waals surface area (Å²) in [5.74, 6) is 1.86. The first-order valence-corrected chi connectivity index (χ1v) is 8.02. The van der Waals surface area contributed by atoms with E-state index in [2.05, 4.69) is 44.9 Å². The van der Waals surface area contributed by atoms with E-state index < -0.39 is 0 Å². The number of likely N-dealkylation sites (tertiary alicyclic amines) is 1. The normalized spacial score (nSPS) is 17.0. The van der Waals surface area contributed by atoms with E-state index in [-0.39, 0.29) is 5.91 Å². The number of rotatable bonds is 4. The molecule has 118 valence electrons. The van der Waals surface area contributed by atoms with E-state index in [4.69, 9.17) is 0 Å². The molecule has 0 atom stereocenters. The molecule has 1 aromatic heterocycles. The Morgan fingerprint density at radius 1 is 1.32 bits per heavy atom. The van der Waals surface area contributed by atoms with Gasteiger partial charge in [0.1, 0.15) is 5.82 Å². The molecule has 5 nitrogen and oxygen atoms in total. The quantitative estimate of drug-likeness (QED) is 0.937. The van der Waals surface area contributed by atoms with Gasteiger partial charge in [0.2, 0.25) is 5.91 Å². The van der Waals surface area contributed by atoms with Gasteiger partial charge in [-0.1, -0.05) is 12.1 Å². The highest BCUT2D eigenvalue weighted by Gasteiger charge is 2.22. The van der Waals surface area contributed by atoms with Crippen molar-refractivity contribution < 1.29 is 4.79 Å². The molecule has 1 fully saturated rings. The molecule has 0 spiro atoms. The van der Waals surface area contributed by atoms with Gasteiger partial charge in [0.05, 0.1) is 17.6 Å². The second kappa shape index (κ2) is 6.48. The first-order valence-electron chi connectivity index (χ1n) is 8.02. The Balaban J connectivity index is 1.63. The molecule has 1 N–H and O–H groups in total. The first kappa shape index (κ1) is 15.0. The fourth-order valence-corrected chi connectivity index (χ4v) is 3.29. The Bertz CT molecular complexity index is 656. The van der Waals surface area contributed by atoms with Crippen LogP contribution in [0, 0.1) is 12.8 Å². The van der Waals surface area contributed by atoms with Crippen LogP contribution in [0.2, 0.25) is 0 Å². The Hall–Kier alpha value is -1.88. The molecule has 1 saturated heterocycles. The molecule has 1 aliphatic heterocycles. The van der Waals surface area contributed by atoms with Crippen molar-refractivity contribution >= 4 is 16.9 Å². The van der Waals surface area contributed by atoms with Crippen molar-refractivity contribution in [1.29, 1.82) is 0 Å². The smallest absolute Gasteiger partial charge is 0.233 e. The number of hydrogen-bond donors (Lipinski definition) is 1. The average Bonchev–Trinajstić information content (AvgIpc) is 2.85. The van der Waals surface area contributed by atoms with E-state index in [0.29, 0.717) is 12.5 Å². The molecule has 0 unspecified atom stereocenters. The van der Waals surface area contributed by atoms with Crippen LogP contribution in [-0.4, -0.2) is 47.0 Å². The zero-order valence-corrected chi connectivity index (χ0v) is 13.4. The van der Waals surface area contributed by atoms with E-state index in [1.807, 2.05) is 6.07 Å². The third-order valence-corrected chi connectivity index (χ3v) is 4.64. The maximum Gasteiger partial charge on any atom is 0.233 e. The van der Waals surface area contributed by atoms with Gasteiger partial charge in [-0.25, -0.2) is 4.98 Å². The first-order chi connectivity index (χ1) is 10.7. The lowest BCUT2D eigenvalue weighted by atomic mass is 9.96. The van der Waals surface area contributed by atoms with Crippen LogP contribution in [-0.2, 0) is 11.3 Å². The lowest BCUT2D eigenvalue weighted by Crippen LogP contribution is -2.41. The van der Waals surface area contributed by atoms with Crippen molar-refractivity contribution in [2.45, 2.75) is 26.3 Å². The molecule has 5 heteroatoms. The number of amides is 1. The van der Waals surface area contributed by atoms with E-state index in [1.54, 1.807) is 7.05 Å². The van der Waals surface area contributed by atoms with E-state index in [1.165, 1.54) is 5.52 Å². The van der Waals surface area contributed by atoms with Crippen molar-refractivity contribution in [3.8, 4) is 0 Å². The number of carbonyl (C=O) groups excluding carboxylic acids is 1. The summed E-state index contributed by atoms with van der Waals surface area (Å²) < 4.78 is 2.34. The minimum absolute atomic E-state index is 0.106. The lowest BCUT2D eigenvalue weighted by Gasteiger charge is -2.31. The van der Waals surface area contributed by atoms with Crippen molar-refractivity contribution in [2.24, 2.45) is 5.92 Å². The van der Waals surface area contributed by atoms with Gasteiger partial charge in [0.15, 0.2) is 0 Å². The highest BCUT2D eigenvalue weighted by Crippen LogP contribution is 2.23. The molecule has 2 heterocycles. The number of nitrogens with one attached hydrogen (secondary N) is 1. The Kier molecular flexibility index (Phi) is 4.43. The second-order valence-electron chi connectivity index (χ2n) is 6.15. The van der Waals surface area contributed by atoms with Crippen molar-refractivity contribution in [3.05, 3.63) is 30.1 Å². The topological polar surface area (TPSA) is 50.2 Å². The van der Waals surface area contributed by atoms with Crippen LogP contribution in [0.3, 0.4) is 0 Å². The van der Waals surface area contributed by atoms with Crippen LogP contribution in [0.4, 0.5) is 0 Å². The lowest BCUT2D eigenvalue weighted by molar-refractivity contribution is -0.122. The summed E-state index contributed by atoms with van der Waals surface area (Å²) in [6, 6.07) is 8.34. The van der Waals surface area contributed by atoms with Crippen LogP contribution >= 0.6 is 0 Å². The fraction of sp³-hybridized carbons (Fsp3) is 0.529. The number of aromatic nitrogens is 2. The summed E-state index contributed by atoms with van der Waals surface area (Å²) >= 11 is 0. The summed E-state index contributed by atoms with van der Waals surface area (Å²) in [5, 5.41) is 2.69. The van der Waals surface area contributed by atoms with Gasteiger partial charge in [-0.3, -0.25) is 9.69 Å². The molecule has 0 aliphatic carbocycles. The molecule has 1 aromatic carbocycles. The summed E-state index contributed by atoms with van der Waals surface area (Å²) in [7, 11) is 1.70. The highest BCUT2D eigenvalue weighted by atomic mass is 16.1. The van der Waals surface area contributed by atoms with Gasteiger partial charge < -0.3 is 9.88 Å². The van der Waals surface area contributed by atoms with Crippen LogP contribution < -0.4 is 5.32 Å².